The fourth-order valence-corrected chi connectivity index (χ4v) is 2.54. The molecule has 6 nitrogen and oxygen atoms in total. The van der Waals surface area contributed by atoms with Gasteiger partial charge in [0.1, 0.15) is 5.75 Å². The van der Waals surface area contributed by atoms with Crippen molar-refractivity contribution in [1.82, 2.24) is 15.1 Å². The monoisotopic (exact) mass is 267 g/mol. The summed E-state index contributed by atoms with van der Waals surface area (Å²) in [6, 6.07) is 4.72. The highest BCUT2D eigenvalue weighted by molar-refractivity contribution is 7.90. The summed E-state index contributed by atoms with van der Waals surface area (Å²) in [4.78, 5) is 7.84. The molecular formula is C11H13N3O3S. The van der Waals surface area contributed by atoms with E-state index >= 15 is 0 Å². The number of sulfone groups is 1. The number of nitrogens with zero attached hydrogens (tertiary/aromatic N) is 3. The topological polar surface area (TPSA) is 86.0 Å². The van der Waals surface area contributed by atoms with Gasteiger partial charge >= 0.3 is 0 Å². The quantitative estimate of drug-likeness (QED) is 0.813. The molecule has 0 atom stereocenters. The van der Waals surface area contributed by atoms with E-state index in [1.165, 1.54) is 12.3 Å². The maximum Gasteiger partial charge on any atom is 0.242 e. The second kappa shape index (κ2) is 5.26. The number of rotatable bonds is 5. The van der Waals surface area contributed by atoms with Crippen LogP contribution in [0.25, 0.3) is 0 Å². The summed E-state index contributed by atoms with van der Waals surface area (Å²) in [7, 11) is -3.52. The van der Waals surface area contributed by atoms with Gasteiger partial charge in [0.25, 0.3) is 0 Å². The number of hydrogen-bond acceptors (Lipinski definition) is 6. The second-order valence-electron chi connectivity index (χ2n) is 3.78. The molecular weight excluding hydrogens is 254 g/mol. The smallest absolute Gasteiger partial charge is 0.242 e. The maximum absolute atomic E-state index is 12.0. The van der Waals surface area contributed by atoms with E-state index < -0.39 is 9.84 Å². The predicted octanol–water partition coefficient (Wildman–Crippen LogP) is 1.39. The summed E-state index contributed by atoms with van der Waals surface area (Å²) >= 11 is 0. The zero-order chi connectivity index (χ0) is 13.0. The van der Waals surface area contributed by atoms with Crippen LogP contribution in [0.3, 0.4) is 0 Å². The molecule has 2 aromatic heterocycles. The molecule has 0 aromatic carbocycles. The lowest BCUT2D eigenvalue weighted by Crippen LogP contribution is -2.07. The third kappa shape index (κ3) is 2.92. The zero-order valence-corrected chi connectivity index (χ0v) is 10.7. The molecule has 2 heterocycles. The Morgan fingerprint density at radius 3 is 2.83 bits per heavy atom. The van der Waals surface area contributed by atoms with Gasteiger partial charge in [0.2, 0.25) is 15.7 Å². The SMILES string of the molecule is CCCc1noc(CS(=O)(=O)c2ccccn2)n1. The second-order valence-corrected chi connectivity index (χ2v) is 5.72. The first-order valence-electron chi connectivity index (χ1n) is 5.57. The van der Waals surface area contributed by atoms with E-state index in [1.54, 1.807) is 12.1 Å². The molecule has 0 fully saturated rings. The molecule has 0 spiro atoms. The number of hydrogen-bond donors (Lipinski definition) is 0. The predicted molar refractivity (Wildman–Crippen MR) is 63.4 cm³/mol. The van der Waals surface area contributed by atoms with Gasteiger partial charge in [-0.25, -0.2) is 13.4 Å². The Morgan fingerprint density at radius 2 is 2.17 bits per heavy atom. The van der Waals surface area contributed by atoms with Crippen LogP contribution in [0.5, 0.6) is 0 Å². The van der Waals surface area contributed by atoms with Gasteiger partial charge in [-0.2, -0.15) is 4.98 Å². The van der Waals surface area contributed by atoms with Crippen molar-refractivity contribution in [1.29, 1.82) is 0 Å². The van der Waals surface area contributed by atoms with Crippen molar-refractivity contribution in [3.63, 3.8) is 0 Å². The van der Waals surface area contributed by atoms with Gasteiger partial charge in [0.05, 0.1) is 0 Å². The van der Waals surface area contributed by atoms with Crippen molar-refractivity contribution in [3.8, 4) is 0 Å². The van der Waals surface area contributed by atoms with Crippen molar-refractivity contribution in [3.05, 3.63) is 36.1 Å². The highest BCUT2D eigenvalue weighted by Crippen LogP contribution is 2.12. The van der Waals surface area contributed by atoms with E-state index in [0.29, 0.717) is 12.2 Å². The highest BCUT2D eigenvalue weighted by atomic mass is 32.2. The van der Waals surface area contributed by atoms with E-state index in [1.807, 2.05) is 6.92 Å². The molecule has 0 saturated carbocycles. The van der Waals surface area contributed by atoms with Crippen LogP contribution in [-0.4, -0.2) is 23.5 Å². The molecule has 7 heteroatoms. The van der Waals surface area contributed by atoms with Gasteiger partial charge < -0.3 is 4.52 Å². The largest absolute Gasteiger partial charge is 0.338 e. The number of aromatic nitrogens is 3. The van der Waals surface area contributed by atoms with Crippen molar-refractivity contribution in [2.75, 3.05) is 0 Å². The molecule has 0 bridgehead atoms. The van der Waals surface area contributed by atoms with Gasteiger partial charge in [-0.15, -0.1) is 0 Å². The lowest BCUT2D eigenvalue weighted by atomic mass is 10.3. The molecule has 0 unspecified atom stereocenters. The third-order valence-electron chi connectivity index (χ3n) is 2.25. The standard InChI is InChI=1S/C11H13N3O3S/c1-2-5-9-13-10(17-14-9)8-18(15,16)11-6-3-4-7-12-11/h3-4,6-7H,2,5,8H2,1H3. The minimum absolute atomic E-state index is 0.0141. The van der Waals surface area contributed by atoms with Crippen molar-refractivity contribution >= 4 is 9.84 Å². The van der Waals surface area contributed by atoms with Crippen molar-refractivity contribution < 1.29 is 12.9 Å². The van der Waals surface area contributed by atoms with Crippen molar-refractivity contribution in [2.45, 2.75) is 30.5 Å². The van der Waals surface area contributed by atoms with E-state index in [0.717, 1.165) is 6.42 Å². The van der Waals surface area contributed by atoms with E-state index in [9.17, 15) is 8.42 Å². The Morgan fingerprint density at radius 1 is 1.33 bits per heavy atom. The summed E-state index contributed by atoms with van der Waals surface area (Å²) in [6.45, 7) is 1.99. The lowest BCUT2D eigenvalue weighted by Gasteiger charge is -1.98. The van der Waals surface area contributed by atoms with Crippen LogP contribution in [0, 0.1) is 0 Å². The van der Waals surface area contributed by atoms with Gasteiger partial charge in [0, 0.05) is 12.6 Å². The van der Waals surface area contributed by atoms with Crippen LogP contribution in [0.15, 0.2) is 33.9 Å². The molecule has 0 saturated heterocycles. The Balaban J connectivity index is 2.17. The van der Waals surface area contributed by atoms with Crippen LogP contribution >= 0.6 is 0 Å². The fourth-order valence-electron chi connectivity index (χ4n) is 1.44. The molecule has 18 heavy (non-hydrogen) atoms. The molecule has 96 valence electrons. The molecule has 0 aliphatic rings. The van der Waals surface area contributed by atoms with Crippen molar-refractivity contribution in [2.24, 2.45) is 0 Å². The highest BCUT2D eigenvalue weighted by Gasteiger charge is 2.20. The van der Waals surface area contributed by atoms with Crippen LogP contribution in [0.4, 0.5) is 0 Å². The van der Waals surface area contributed by atoms with E-state index in [-0.39, 0.29) is 16.7 Å². The Hall–Kier alpha value is -1.76. The van der Waals surface area contributed by atoms with Crippen LogP contribution in [0.1, 0.15) is 25.1 Å². The van der Waals surface area contributed by atoms with Gasteiger partial charge in [-0.05, 0) is 18.6 Å². The number of aryl methyl sites for hydroxylation is 1. The van der Waals surface area contributed by atoms with E-state index in [4.69, 9.17) is 4.52 Å². The summed E-state index contributed by atoms with van der Waals surface area (Å²) in [6.07, 6.45) is 2.99. The Kier molecular flexibility index (Phi) is 3.71. The summed E-state index contributed by atoms with van der Waals surface area (Å²) in [5, 5.41) is 3.73. The van der Waals surface area contributed by atoms with E-state index in [2.05, 4.69) is 15.1 Å². The fraction of sp³-hybridized carbons (Fsp3) is 0.364. The lowest BCUT2D eigenvalue weighted by molar-refractivity contribution is 0.382. The van der Waals surface area contributed by atoms with Gasteiger partial charge in [0.15, 0.2) is 10.9 Å². The summed E-state index contributed by atoms with van der Waals surface area (Å²) in [5.74, 6) is 0.314. The Labute approximate surface area is 105 Å². The first-order chi connectivity index (χ1) is 8.62. The zero-order valence-electron chi connectivity index (χ0n) is 9.91. The molecule has 0 radical (unpaired) electrons. The first-order valence-corrected chi connectivity index (χ1v) is 7.22. The Bertz CT molecular complexity index is 607. The average molecular weight is 267 g/mol. The summed E-state index contributed by atoms with van der Waals surface area (Å²) in [5.41, 5.74) is 0. The van der Waals surface area contributed by atoms with Crippen LogP contribution in [-0.2, 0) is 22.0 Å². The molecule has 0 N–H and O–H groups in total. The normalized spacial score (nSPS) is 11.6. The van der Waals surface area contributed by atoms with Crippen LogP contribution < -0.4 is 0 Å². The molecule has 2 aromatic rings. The number of pyridine rings is 1. The summed E-state index contributed by atoms with van der Waals surface area (Å²) < 4.78 is 28.9. The first kappa shape index (κ1) is 12.7. The molecule has 0 amide bonds. The minimum atomic E-state index is -3.52. The van der Waals surface area contributed by atoms with Gasteiger partial charge in [-0.1, -0.05) is 18.1 Å². The molecule has 0 aliphatic carbocycles. The molecule has 2 rings (SSSR count). The third-order valence-corrected chi connectivity index (χ3v) is 3.76. The van der Waals surface area contributed by atoms with Crippen LogP contribution in [0.2, 0.25) is 0 Å². The van der Waals surface area contributed by atoms with Gasteiger partial charge in [-0.3, -0.25) is 0 Å². The average Bonchev–Trinajstić information content (AvgIpc) is 2.77. The minimum Gasteiger partial charge on any atom is -0.338 e. The molecule has 0 aliphatic heterocycles. The maximum atomic E-state index is 12.0.